The summed E-state index contributed by atoms with van der Waals surface area (Å²) in [5.41, 5.74) is 6.65. The predicted molar refractivity (Wildman–Crippen MR) is 61.9 cm³/mol. The fourth-order valence-corrected chi connectivity index (χ4v) is 1.70. The highest BCUT2D eigenvalue weighted by Gasteiger charge is 2.14. The van der Waals surface area contributed by atoms with Crippen LogP contribution >= 0.6 is 11.6 Å². The molecule has 3 nitrogen and oxygen atoms in total. The normalized spacial score (nSPS) is 12.3. The molecule has 1 aromatic carbocycles. The third-order valence-electron chi connectivity index (χ3n) is 2.12. The van der Waals surface area contributed by atoms with Crippen LogP contribution in [0.1, 0.15) is 12.5 Å². The minimum absolute atomic E-state index is 0.0310. The van der Waals surface area contributed by atoms with Crippen molar-refractivity contribution in [2.45, 2.75) is 19.4 Å². The van der Waals surface area contributed by atoms with E-state index in [1.54, 1.807) is 26.4 Å². The lowest BCUT2D eigenvalue weighted by Crippen LogP contribution is -2.18. The van der Waals surface area contributed by atoms with E-state index in [1.807, 2.05) is 6.92 Å². The minimum Gasteiger partial charge on any atom is -0.493 e. The zero-order valence-corrected chi connectivity index (χ0v) is 9.97. The molecule has 0 saturated carbocycles. The molecule has 0 aliphatic carbocycles. The van der Waals surface area contributed by atoms with E-state index in [0.29, 0.717) is 22.9 Å². The Labute approximate surface area is 95.1 Å². The van der Waals surface area contributed by atoms with Crippen LogP contribution in [-0.2, 0) is 6.42 Å². The van der Waals surface area contributed by atoms with E-state index < -0.39 is 0 Å². The topological polar surface area (TPSA) is 44.5 Å². The molecule has 0 aliphatic heterocycles. The van der Waals surface area contributed by atoms with Gasteiger partial charge in [0, 0.05) is 16.6 Å². The first-order chi connectivity index (χ1) is 7.10. The molecule has 0 saturated heterocycles. The van der Waals surface area contributed by atoms with Crippen molar-refractivity contribution >= 4 is 11.6 Å². The molecular weight excluding hydrogens is 214 g/mol. The lowest BCUT2D eigenvalue weighted by Gasteiger charge is -2.15. The fourth-order valence-electron chi connectivity index (χ4n) is 1.48. The minimum atomic E-state index is 0.0310. The van der Waals surface area contributed by atoms with Crippen molar-refractivity contribution in [3.05, 3.63) is 22.7 Å². The number of halogens is 1. The van der Waals surface area contributed by atoms with Crippen LogP contribution in [0, 0.1) is 0 Å². The molecule has 2 N–H and O–H groups in total. The predicted octanol–water partition coefficient (Wildman–Crippen LogP) is 2.25. The fraction of sp³-hybridized carbons (Fsp3) is 0.455. The van der Waals surface area contributed by atoms with Crippen molar-refractivity contribution in [3.8, 4) is 11.5 Å². The first kappa shape index (κ1) is 12.1. The van der Waals surface area contributed by atoms with Gasteiger partial charge in [-0.1, -0.05) is 11.6 Å². The second-order valence-electron chi connectivity index (χ2n) is 3.44. The van der Waals surface area contributed by atoms with Crippen LogP contribution in [0.2, 0.25) is 5.02 Å². The Morgan fingerprint density at radius 3 is 2.47 bits per heavy atom. The van der Waals surface area contributed by atoms with Crippen LogP contribution in [-0.4, -0.2) is 20.3 Å². The lowest BCUT2D eigenvalue weighted by atomic mass is 10.1. The zero-order valence-electron chi connectivity index (χ0n) is 9.21. The van der Waals surface area contributed by atoms with E-state index in [2.05, 4.69) is 0 Å². The summed E-state index contributed by atoms with van der Waals surface area (Å²) >= 11 is 6.09. The summed E-state index contributed by atoms with van der Waals surface area (Å²) in [5, 5.41) is 0.657. The quantitative estimate of drug-likeness (QED) is 0.861. The number of methoxy groups -OCH3 is 2. The van der Waals surface area contributed by atoms with Crippen LogP contribution in [0.15, 0.2) is 12.1 Å². The second kappa shape index (κ2) is 5.24. The molecular formula is C11H16ClNO2. The number of rotatable bonds is 4. The van der Waals surface area contributed by atoms with Gasteiger partial charge in [0.1, 0.15) is 0 Å². The highest BCUT2D eigenvalue weighted by molar-refractivity contribution is 6.31. The van der Waals surface area contributed by atoms with E-state index in [-0.39, 0.29) is 6.04 Å². The Hall–Kier alpha value is -0.930. The van der Waals surface area contributed by atoms with E-state index in [1.165, 1.54) is 0 Å². The summed E-state index contributed by atoms with van der Waals surface area (Å²) in [6.07, 6.45) is 0.666. The summed E-state index contributed by atoms with van der Waals surface area (Å²) in [6, 6.07) is 3.61. The molecule has 0 aliphatic rings. The highest BCUT2D eigenvalue weighted by atomic mass is 35.5. The van der Waals surface area contributed by atoms with Gasteiger partial charge in [-0.2, -0.15) is 0 Å². The molecule has 4 heteroatoms. The molecule has 1 rings (SSSR count). The van der Waals surface area contributed by atoms with Crippen LogP contribution in [0.4, 0.5) is 0 Å². The number of hydrogen-bond acceptors (Lipinski definition) is 3. The van der Waals surface area contributed by atoms with Crippen molar-refractivity contribution in [1.82, 2.24) is 0 Å². The summed E-state index contributed by atoms with van der Waals surface area (Å²) in [6.45, 7) is 1.93. The Morgan fingerprint density at radius 1 is 1.33 bits per heavy atom. The molecule has 1 atom stereocenters. The second-order valence-corrected chi connectivity index (χ2v) is 3.85. The van der Waals surface area contributed by atoms with Gasteiger partial charge in [-0.15, -0.1) is 0 Å². The van der Waals surface area contributed by atoms with Gasteiger partial charge in [-0.05, 0) is 25.5 Å². The van der Waals surface area contributed by atoms with Crippen LogP contribution in [0.25, 0.3) is 0 Å². The van der Waals surface area contributed by atoms with Crippen molar-refractivity contribution in [2.24, 2.45) is 5.73 Å². The van der Waals surface area contributed by atoms with E-state index in [0.717, 1.165) is 5.56 Å². The largest absolute Gasteiger partial charge is 0.493 e. The Balaban J connectivity index is 3.19. The number of benzene rings is 1. The molecule has 0 radical (unpaired) electrons. The van der Waals surface area contributed by atoms with Gasteiger partial charge in [0.05, 0.1) is 14.2 Å². The summed E-state index contributed by atoms with van der Waals surface area (Å²) < 4.78 is 10.5. The SMILES string of the molecule is COc1ccc(Cl)c(CC(C)N)c1OC. The highest BCUT2D eigenvalue weighted by Crippen LogP contribution is 2.36. The molecule has 0 bridgehead atoms. The van der Waals surface area contributed by atoms with Gasteiger partial charge in [0.2, 0.25) is 0 Å². The first-order valence-electron chi connectivity index (χ1n) is 4.75. The van der Waals surface area contributed by atoms with Gasteiger partial charge in [0.15, 0.2) is 11.5 Å². The molecule has 1 aromatic rings. The van der Waals surface area contributed by atoms with Gasteiger partial charge in [-0.25, -0.2) is 0 Å². The number of hydrogen-bond donors (Lipinski definition) is 1. The average molecular weight is 230 g/mol. The first-order valence-corrected chi connectivity index (χ1v) is 5.12. The van der Waals surface area contributed by atoms with Crippen molar-refractivity contribution in [3.63, 3.8) is 0 Å². The van der Waals surface area contributed by atoms with Gasteiger partial charge in [-0.3, -0.25) is 0 Å². The van der Waals surface area contributed by atoms with Gasteiger partial charge in [0.25, 0.3) is 0 Å². The monoisotopic (exact) mass is 229 g/mol. The summed E-state index contributed by atoms with van der Waals surface area (Å²) in [7, 11) is 3.19. The van der Waals surface area contributed by atoms with Crippen molar-refractivity contribution in [1.29, 1.82) is 0 Å². The lowest BCUT2D eigenvalue weighted by molar-refractivity contribution is 0.351. The maximum atomic E-state index is 6.09. The van der Waals surface area contributed by atoms with Crippen LogP contribution < -0.4 is 15.2 Å². The van der Waals surface area contributed by atoms with Gasteiger partial charge < -0.3 is 15.2 Å². The molecule has 0 amide bonds. The van der Waals surface area contributed by atoms with E-state index in [4.69, 9.17) is 26.8 Å². The van der Waals surface area contributed by atoms with Crippen molar-refractivity contribution in [2.75, 3.05) is 14.2 Å². The molecule has 0 heterocycles. The molecule has 15 heavy (non-hydrogen) atoms. The van der Waals surface area contributed by atoms with E-state index >= 15 is 0 Å². The van der Waals surface area contributed by atoms with Crippen LogP contribution in [0.3, 0.4) is 0 Å². The third-order valence-corrected chi connectivity index (χ3v) is 2.47. The molecule has 0 fully saturated rings. The molecule has 0 spiro atoms. The van der Waals surface area contributed by atoms with Crippen molar-refractivity contribution < 1.29 is 9.47 Å². The van der Waals surface area contributed by atoms with Gasteiger partial charge >= 0.3 is 0 Å². The molecule has 0 aromatic heterocycles. The van der Waals surface area contributed by atoms with Crippen LogP contribution in [0.5, 0.6) is 11.5 Å². The summed E-state index contributed by atoms with van der Waals surface area (Å²) in [4.78, 5) is 0. The number of ether oxygens (including phenoxy) is 2. The molecule has 1 unspecified atom stereocenters. The Kier molecular flexibility index (Phi) is 4.24. The smallest absolute Gasteiger partial charge is 0.165 e. The third kappa shape index (κ3) is 2.76. The average Bonchev–Trinajstić information content (AvgIpc) is 2.20. The molecule has 84 valence electrons. The number of nitrogens with two attached hydrogens (primary N) is 1. The summed E-state index contributed by atoms with van der Waals surface area (Å²) in [5.74, 6) is 1.35. The maximum absolute atomic E-state index is 6.09. The Morgan fingerprint density at radius 2 is 2.00 bits per heavy atom. The zero-order chi connectivity index (χ0) is 11.4. The Bertz CT molecular complexity index is 340. The standard InChI is InChI=1S/C11H16ClNO2/c1-7(13)6-8-9(12)4-5-10(14-2)11(8)15-3/h4-5,7H,6,13H2,1-3H3. The maximum Gasteiger partial charge on any atom is 0.165 e. The van der Waals surface area contributed by atoms with E-state index in [9.17, 15) is 0 Å².